The van der Waals surface area contributed by atoms with E-state index in [0.29, 0.717) is 23.7 Å². The van der Waals surface area contributed by atoms with Gasteiger partial charge in [-0.05, 0) is 24.6 Å². The number of nitrogens with two attached hydrogens (primary N) is 1. The minimum atomic E-state index is -1.83. The van der Waals surface area contributed by atoms with Crippen LogP contribution in [0.3, 0.4) is 0 Å². The van der Waals surface area contributed by atoms with Gasteiger partial charge in [0.15, 0.2) is 0 Å². The van der Waals surface area contributed by atoms with E-state index in [9.17, 15) is 28.7 Å². The Morgan fingerprint density at radius 1 is 1.21 bits per heavy atom. The Morgan fingerprint density at radius 3 is 2.66 bits per heavy atom. The van der Waals surface area contributed by atoms with Crippen molar-refractivity contribution in [3.05, 3.63) is 52.2 Å². The van der Waals surface area contributed by atoms with E-state index in [-0.39, 0.29) is 18.5 Å². The molecule has 0 unspecified atom stereocenters. The van der Waals surface area contributed by atoms with Gasteiger partial charge >= 0.3 is 6.09 Å². The number of amides is 4. The molecule has 3 atom stereocenters. The number of benzene rings is 1. The van der Waals surface area contributed by atoms with Crippen molar-refractivity contribution in [3.63, 3.8) is 0 Å². The summed E-state index contributed by atoms with van der Waals surface area (Å²) in [6, 6.07) is 9.10. The zero-order valence-corrected chi connectivity index (χ0v) is 21.0. The molecule has 2 aromatic rings. The Morgan fingerprint density at radius 2 is 1.95 bits per heavy atom. The average Bonchev–Trinajstić information content (AvgIpc) is 3.48. The summed E-state index contributed by atoms with van der Waals surface area (Å²) in [7, 11) is 0. The van der Waals surface area contributed by atoms with Crippen LogP contribution in [0.25, 0.3) is 0 Å². The Kier molecular flexibility index (Phi) is 10.1. The Labute approximate surface area is 221 Å². The van der Waals surface area contributed by atoms with Crippen molar-refractivity contribution in [2.45, 2.75) is 37.7 Å². The number of nitrogens with one attached hydrogen (secondary N) is 3. The molecule has 204 valence electrons. The van der Waals surface area contributed by atoms with Crippen molar-refractivity contribution in [3.8, 4) is 5.75 Å². The summed E-state index contributed by atoms with van der Waals surface area (Å²) in [5, 5.41) is 24.3. The van der Waals surface area contributed by atoms with E-state index in [2.05, 4.69) is 15.4 Å². The number of para-hydroxylation sites is 1. The van der Waals surface area contributed by atoms with Gasteiger partial charge in [0.1, 0.15) is 24.1 Å². The summed E-state index contributed by atoms with van der Waals surface area (Å²) in [6.07, 6.45) is -4.19. The summed E-state index contributed by atoms with van der Waals surface area (Å²) in [4.78, 5) is 49.8. The molecule has 0 saturated carbocycles. The van der Waals surface area contributed by atoms with Crippen molar-refractivity contribution in [2.24, 2.45) is 5.73 Å². The van der Waals surface area contributed by atoms with E-state index in [1.165, 1.54) is 11.4 Å². The normalized spacial score (nSPS) is 18.5. The number of halogens is 1. The van der Waals surface area contributed by atoms with Crippen LogP contribution in [-0.2, 0) is 25.7 Å². The minimum Gasteiger partial charge on any atom is -0.494 e. The molecule has 1 aliphatic heterocycles. The smallest absolute Gasteiger partial charge is 0.411 e. The molecule has 0 aliphatic carbocycles. The van der Waals surface area contributed by atoms with Gasteiger partial charge in [-0.25, -0.2) is 9.18 Å². The summed E-state index contributed by atoms with van der Waals surface area (Å²) >= 11 is 1.15. The molecule has 1 aromatic carbocycles. The molecule has 3 rings (SSSR count). The molecule has 0 radical (unpaired) electrons. The number of likely N-dealkylation sites (tertiary alicyclic amines) is 1. The van der Waals surface area contributed by atoms with Gasteiger partial charge in [-0.1, -0.05) is 18.2 Å². The molecule has 6 N–H and O–H groups in total. The van der Waals surface area contributed by atoms with Gasteiger partial charge in [0, 0.05) is 22.2 Å². The van der Waals surface area contributed by atoms with E-state index in [1.807, 2.05) is 18.2 Å². The second kappa shape index (κ2) is 13.5. The standard InChI is InChI=1S/C24H28FN5O7S/c25-17-12-30(19(32)11-28-18(31)7-4-8-36-15-5-2-1-3-6-15)20(21(17)33)23(34)29-10-16-9-14(13-38-16)22(26)37-24(27)35/h1-3,5-6,9,13,17,20-21,26,33H,4,7-8,10-12H2,(H2,27,35)(H,28,31)(H,29,34)/t17-,20-,21+/m0/s1. The number of thiophene rings is 1. The third-order valence-electron chi connectivity index (χ3n) is 5.54. The van der Waals surface area contributed by atoms with E-state index in [4.69, 9.17) is 15.9 Å². The van der Waals surface area contributed by atoms with Gasteiger partial charge in [0.2, 0.25) is 23.6 Å². The molecule has 14 heteroatoms. The number of aliphatic hydroxyl groups excluding tert-OH is 1. The summed E-state index contributed by atoms with van der Waals surface area (Å²) in [6.45, 7) is -0.695. The molecule has 2 heterocycles. The summed E-state index contributed by atoms with van der Waals surface area (Å²) in [5.41, 5.74) is 5.15. The first-order valence-electron chi connectivity index (χ1n) is 11.6. The van der Waals surface area contributed by atoms with Crippen LogP contribution in [0.5, 0.6) is 5.75 Å². The molecular weight excluding hydrogens is 521 g/mol. The van der Waals surface area contributed by atoms with Crippen LogP contribution < -0.4 is 21.1 Å². The van der Waals surface area contributed by atoms with Gasteiger partial charge in [-0.2, -0.15) is 0 Å². The molecule has 38 heavy (non-hydrogen) atoms. The Balaban J connectivity index is 1.46. The summed E-state index contributed by atoms with van der Waals surface area (Å²) < 4.78 is 24.2. The van der Waals surface area contributed by atoms with E-state index < -0.39 is 61.1 Å². The number of primary amides is 1. The third-order valence-corrected chi connectivity index (χ3v) is 6.48. The highest BCUT2D eigenvalue weighted by molar-refractivity contribution is 7.10. The van der Waals surface area contributed by atoms with Crippen molar-refractivity contribution in [1.29, 1.82) is 5.41 Å². The number of hydrogen-bond donors (Lipinski definition) is 5. The quantitative estimate of drug-likeness (QED) is 0.155. The predicted molar refractivity (Wildman–Crippen MR) is 134 cm³/mol. The van der Waals surface area contributed by atoms with E-state index >= 15 is 0 Å². The van der Waals surface area contributed by atoms with Crippen molar-refractivity contribution >= 4 is 41.0 Å². The second-order valence-electron chi connectivity index (χ2n) is 8.31. The lowest BCUT2D eigenvalue weighted by Gasteiger charge is -2.25. The fourth-order valence-electron chi connectivity index (χ4n) is 3.68. The lowest BCUT2D eigenvalue weighted by Crippen LogP contribution is -2.52. The fraction of sp³-hybridized carbons (Fsp3) is 0.375. The lowest BCUT2D eigenvalue weighted by atomic mass is 10.1. The SMILES string of the molecule is N=C(OC(N)=O)c1csc(CNC(=O)[C@@H]2[C@H](O)[C@@H](F)CN2C(=O)CNC(=O)CCCOc2ccccc2)c1. The maximum absolute atomic E-state index is 14.2. The lowest BCUT2D eigenvalue weighted by molar-refractivity contribution is -0.140. The Hall–Kier alpha value is -4.04. The van der Waals surface area contributed by atoms with Gasteiger partial charge in [0.25, 0.3) is 0 Å². The van der Waals surface area contributed by atoms with E-state index in [0.717, 1.165) is 16.2 Å². The molecule has 1 aromatic heterocycles. The van der Waals surface area contributed by atoms with Crippen LogP contribution >= 0.6 is 11.3 Å². The minimum absolute atomic E-state index is 0.0443. The topological polar surface area (TPSA) is 184 Å². The number of alkyl halides is 1. The van der Waals surface area contributed by atoms with Crippen molar-refractivity contribution < 1.29 is 38.1 Å². The van der Waals surface area contributed by atoms with Crippen LogP contribution in [0.15, 0.2) is 41.8 Å². The van der Waals surface area contributed by atoms with Crippen LogP contribution in [-0.4, -0.2) is 77.7 Å². The third kappa shape index (κ3) is 7.98. The number of hydrogen-bond acceptors (Lipinski definition) is 9. The number of ether oxygens (including phenoxy) is 2. The monoisotopic (exact) mass is 549 g/mol. The molecule has 1 fully saturated rings. The number of nitrogens with zero attached hydrogens (tertiary/aromatic N) is 1. The van der Waals surface area contributed by atoms with Gasteiger partial charge in [-0.3, -0.25) is 19.8 Å². The Bertz CT molecular complexity index is 1160. The van der Waals surface area contributed by atoms with Crippen molar-refractivity contribution in [2.75, 3.05) is 19.7 Å². The maximum Gasteiger partial charge on any atom is 0.411 e. The maximum atomic E-state index is 14.2. The molecular formula is C24H28FN5O7S. The molecule has 1 saturated heterocycles. The highest BCUT2D eigenvalue weighted by Crippen LogP contribution is 2.22. The van der Waals surface area contributed by atoms with Crippen LogP contribution in [0.2, 0.25) is 0 Å². The number of carbonyl (C=O) groups is 4. The molecule has 0 bridgehead atoms. The highest BCUT2D eigenvalue weighted by atomic mass is 32.1. The largest absolute Gasteiger partial charge is 0.494 e. The van der Waals surface area contributed by atoms with Crippen LogP contribution in [0.4, 0.5) is 9.18 Å². The van der Waals surface area contributed by atoms with Gasteiger partial charge in [-0.15, -0.1) is 11.3 Å². The van der Waals surface area contributed by atoms with Crippen molar-refractivity contribution in [1.82, 2.24) is 15.5 Å². The number of carbonyl (C=O) groups excluding carboxylic acids is 4. The molecule has 4 amide bonds. The molecule has 1 aliphatic rings. The molecule has 12 nitrogen and oxygen atoms in total. The predicted octanol–water partition coefficient (Wildman–Crippen LogP) is 0.670. The first-order valence-corrected chi connectivity index (χ1v) is 12.5. The highest BCUT2D eigenvalue weighted by Gasteiger charge is 2.47. The van der Waals surface area contributed by atoms with Crippen LogP contribution in [0, 0.1) is 5.41 Å². The van der Waals surface area contributed by atoms with Crippen LogP contribution in [0.1, 0.15) is 23.3 Å². The zero-order chi connectivity index (χ0) is 27.7. The fourth-order valence-corrected chi connectivity index (χ4v) is 4.48. The number of rotatable bonds is 11. The molecule has 0 spiro atoms. The van der Waals surface area contributed by atoms with Gasteiger partial charge < -0.3 is 35.8 Å². The number of aliphatic hydroxyl groups is 1. The van der Waals surface area contributed by atoms with Gasteiger partial charge in [0.05, 0.1) is 26.2 Å². The first kappa shape index (κ1) is 28.5. The zero-order valence-electron chi connectivity index (χ0n) is 20.2. The second-order valence-corrected chi connectivity index (χ2v) is 9.30. The average molecular weight is 550 g/mol. The van der Waals surface area contributed by atoms with E-state index in [1.54, 1.807) is 12.1 Å². The first-order chi connectivity index (χ1) is 18.2. The summed E-state index contributed by atoms with van der Waals surface area (Å²) in [5.74, 6) is -1.69.